The van der Waals surface area contributed by atoms with E-state index in [9.17, 15) is 4.79 Å². The van der Waals surface area contributed by atoms with Crippen LogP contribution in [0.15, 0.2) is 17.5 Å². The third-order valence-corrected chi connectivity index (χ3v) is 6.21. The fourth-order valence-electron chi connectivity index (χ4n) is 4.19. The van der Waals surface area contributed by atoms with Crippen molar-refractivity contribution in [3.8, 4) is 0 Å². The Hall–Kier alpha value is -0.870. The van der Waals surface area contributed by atoms with Crippen LogP contribution in [0, 0.1) is 0 Å². The summed E-state index contributed by atoms with van der Waals surface area (Å²) in [6.07, 6.45) is 7.73. The first-order chi connectivity index (χ1) is 10.8. The molecule has 2 aliphatic heterocycles. The molecular formula is C18H28N2OS. The number of aryl methyl sites for hydroxylation is 1. The van der Waals surface area contributed by atoms with Gasteiger partial charge in [0.1, 0.15) is 0 Å². The first-order valence-corrected chi connectivity index (χ1v) is 9.73. The number of hydrogen-bond acceptors (Lipinski definition) is 3. The first-order valence-electron chi connectivity index (χ1n) is 8.85. The summed E-state index contributed by atoms with van der Waals surface area (Å²) in [7, 11) is 0. The lowest BCUT2D eigenvalue weighted by molar-refractivity contribution is -0.133. The van der Waals surface area contributed by atoms with Gasteiger partial charge in [-0.25, -0.2) is 0 Å². The Morgan fingerprint density at radius 3 is 2.86 bits per heavy atom. The lowest BCUT2D eigenvalue weighted by atomic mass is 10.0. The largest absolute Gasteiger partial charge is 0.338 e. The molecule has 22 heavy (non-hydrogen) atoms. The van der Waals surface area contributed by atoms with Crippen molar-refractivity contribution in [3.05, 3.63) is 22.4 Å². The summed E-state index contributed by atoms with van der Waals surface area (Å²) in [6, 6.07) is 5.37. The van der Waals surface area contributed by atoms with Gasteiger partial charge in [0.15, 0.2) is 0 Å². The minimum absolute atomic E-state index is 0.391. The van der Waals surface area contributed by atoms with Gasteiger partial charge < -0.3 is 4.90 Å². The molecular weight excluding hydrogens is 292 g/mol. The lowest BCUT2D eigenvalue weighted by Gasteiger charge is -2.34. The molecule has 0 aliphatic carbocycles. The highest BCUT2D eigenvalue weighted by Gasteiger charge is 2.38. The molecule has 4 heteroatoms. The van der Waals surface area contributed by atoms with Crippen LogP contribution in [-0.2, 0) is 11.2 Å². The molecule has 1 aromatic rings. The summed E-state index contributed by atoms with van der Waals surface area (Å²) in [5.74, 6) is 0.391. The third kappa shape index (κ3) is 3.54. The molecule has 0 aromatic carbocycles. The van der Waals surface area contributed by atoms with E-state index in [1.165, 1.54) is 37.1 Å². The van der Waals surface area contributed by atoms with Crippen LogP contribution in [-0.4, -0.2) is 47.4 Å². The van der Waals surface area contributed by atoms with Crippen LogP contribution in [0.5, 0.6) is 0 Å². The van der Waals surface area contributed by atoms with Crippen LogP contribution >= 0.6 is 11.3 Å². The minimum atomic E-state index is 0.391. The van der Waals surface area contributed by atoms with Crippen LogP contribution in [0.2, 0.25) is 0 Å². The van der Waals surface area contributed by atoms with Gasteiger partial charge in [-0.3, -0.25) is 9.69 Å². The summed E-state index contributed by atoms with van der Waals surface area (Å²) in [5, 5.41) is 2.12. The van der Waals surface area contributed by atoms with Crippen molar-refractivity contribution < 1.29 is 4.79 Å². The molecule has 3 nitrogen and oxygen atoms in total. The molecule has 2 aliphatic rings. The Morgan fingerprint density at radius 2 is 2.09 bits per heavy atom. The second-order valence-electron chi connectivity index (χ2n) is 6.57. The van der Waals surface area contributed by atoms with Crippen LogP contribution in [0.3, 0.4) is 0 Å². The van der Waals surface area contributed by atoms with Gasteiger partial charge in [0.2, 0.25) is 5.91 Å². The standard InChI is InChI=1S/C18H28N2OS/c1-2-19-12-4-9-16(19)17-10-5-13-20(17)18(21)11-3-7-15-8-6-14-22-15/h6,8,14,16-17H,2-5,7,9-13H2,1H3/t16-,17-/m0/s1. The van der Waals surface area contributed by atoms with Gasteiger partial charge in [-0.05, 0) is 63.1 Å². The molecule has 0 saturated carbocycles. The van der Waals surface area contributed by atoms with Crippen LogP contribution in [0.25, 0.3) is 0 Å². The first kappa shape index (κ1) is 16.0. The fourth-order valence-corrected chi connectivity index (χ4v) is 4.95. The van der Waals surface area contributed by atoms with Crippen molar-refractivity contribution in [2.45, 2.75) is 64.0 Å². The van der Waals surface area contributed by atoms with Crippen molar-refractivity contribution >= 4 is 17.2 Å². The monoisotopic (exact) mass is 320 g/mol. The molecule has 0 bridgehead atoms. The number of nitrogens with zero attached hydrogens (tertiary/aromatic N) is 2. The fraction of sp³-hybridized carbons (Fsp3) is 0.722. The maximum atomic E-state index is 12.6. The zero-order valence-corrected chi connectivity index (χ0v) is 14.5. The van der Waals surface area contributed by atoms with Gasteiger partial charge in [-0.2, -0.15) is 0 Å². The second kappa shape index (κ2) is 7.60. The minimum Gasteiger partial charge on any atom is -0.338 e. The predicted octanol–water partition coefficient (Wildman–Crippen LogP) is 3.55. The van der Waals surface area contributed by atoms with Crippen molar-refractivity contribution in [1.29, 1.82) is 0 Å². The van der Waals surface area contributed by atoms with E-state index in [2.05, 4.69) is 34.2 Å². The van der Waals surface area contributed by atoms with Crippen molar-refractivity contribution in [3.63, 3.8) is 0 Å². The molecule has 1 aromatic heterocycles. The molecule has 0 radical (unpaired) electrons. The highest BCUT2D eigenvalue weighted by Crippen LogP contribution is 2.30. The molecule has 3 rings (SSSR count). The number of rotatable bonds is 6. The average Bonchev–Trinajstić information content (AvgIpc) is 3.26. The normalized spacial score (nSPS) is 26.0. The number of thiophene rings is 1. The van der Waals surface area contributed by atoms with E-state index in [1.807, 2.05) is 0 Å². The summed E-state index contributed by atoms with van der Waals surface area (Å²) in [5.41, 5.74) is 0. The van der Waals surface area contributed by atoms with Crippen LogP contribution in [0.4, 0.5) is 0 Å². The Kier molecular flexibility index (Phi) is 5.53. The number of carbonyl (C=O) groups excluding carboxylic acids is 1. The van der Waals surface area contributed by atoms with Gasteiger partial charge >= 0.3 is 0 Å². The average molecular weight is 321 g/mol. The highest BCUT2D eigenvalue weighted by atomic mass is 32.1. The zero-order valence-electron chi connectivity index (χ0n) is 13.7. The number of carbonyl (C=O) groups is 1. The molecule has 2 saturated heterocycles. The summed E-state index contributed by atoms with van der Waals surface area (Å²) >= 11 is 1.80. The Morgan fingerprint density at radius 1 is 1.27 bits per heavy atom. The van der Waals surface area contributed by atoms with Gasteiger partial charge in [-0.1, -0.05) is 13.0 Å². The molecule has 122 valence electrons. The number of amides is 1. The van der Waals surface area contributed by atoms with Gasteiger partial charge in [0, 0.05) is 29.9 Å². The predicted molar refractivity (Wildman–Crippen MR) is 92.3 cm³/mol. The quantitative estimate of drug-likeness (QED) is 0.800. The molecule has 0 spiro atoms. The van der Waals surface area contributed by atoms with Crippen molar-refractivity contribution in [2.75, 3.05) is 19.6 Å². The molecule has 0 N–H and O–H groups in total. The Bertz CT molecular complexity index is 473. The van der Waals surface area contributed by atoms with Crippen LogP contribution in [0.1, 0.15) is 50.3 Å². The van der Waals surface area contributed by atoms with Crippen LogP contribution < -0.4 is 0 Å². The Labute approximate surface area is 138 Å². The number of hydrogen-bond donors (Lipinski definition) is 0. The Balaban J connectivity index is 1.52. The van der Waals surface area contributed by atoms with E-state index in [0.717, 1.165) is 25.9 Å². The SMILES string of the molecule is CCN1CCC[C@H]1[C@@H]1CCCN1C(=O)CCCc1cccs1. The summed E-state index contributed by atoms with van der Waals surface area (Å²) in [4.78, 5) is 18.8. The van der Waals surface area contributed by atoms with E-state index in [-0.39, 0.29) is 0 Å². The van der Waals surface area contributed by atoms with E-state index < -0.39 is 0 Å². The number of likely N-dealkylation sites (tertiary alicyclic amines) is 2. The molecule has 3 heterocycles. The van der Waals surface area contributed by atoms with Crippen molar-refractivity contribution in [1.82, 2.24) is 9.80 Å². The maximum Gasteiger partial charge on any atom is 0.222 e. The lowest BCUT2D eigenvalue weighted by Crippen LogP contribution is -2.48. The third-order valence-electron chi connectivity index (χ3n) is 5.28. The smallest absolute Gasteiger partial charge is 0.222 e. The second-order valence-corrected chi connectivity index (χ2v) is 7.60. The molecule has 1 amide bonds. The molecule has 2 fully saturated rings. The molecule has 0 unspecified atom stereocenters. The topological polar surface area (TPSA) is 23.6 Å². The van der Waals surface area contributed by atoms with Crippen molar-refractivity contribution in [2.24, 2.45) is 0 Å². The summed E-state index contributed by atoms with van der Waals surface area (Å²) < 4.78 is 0. The van der Waals surface area contributed by atoms with E-state index in [0.29, 0.717) is 24.4 Å². The van der Waals surface area contributed by atoms with E-state index >= 15 is 0 Å². The summed E-state index contributed by atoms with van der Waals surface area (Å²) in [6.45, 7) is 5.58. The maximum absolute atomic E-state index is 12.6. The van der Waals surface area contributed by atoms with E-state index in [1.54, 1.807) is 11.3 Å². The van der Waals surface area contributed by atoms with E-state index in [4.69, 9.17) is 0 Å². The number of likely N-dealkylation sites (N-methyl/N-ethyl adjacent to an activating group) is 1. The zero-order chi connectivity index (χ0) is 15.4. The van der Waals surface area contributed by atoms with Gasteiger partial charge in [0.05, 0.1) is 0 Å². The van der Waals surface area contributed by atoms with Gasteiger partial charge in [-0.15, -0.1) is 11.3 Å². The highest BCUT2D eigenvalue weighted by molar-refractivity contribution is 7.09. The molecule has 2 atom stereocenters. The van der Waals surface area contributed by atoms with Gasteiger partial charge in [0.25, 0.3) is 0 Å².